The molecule has 9 nitrogen and oxygen atoms in total. The van der Waals surface area contributed by atoms with Crippen LogP contribution in [0.25, 0.3) is 0 Å². The lowest BCUT2D eigenvalue weighted by molar-refractivity contribution is -0.122. The van der Waals surface area contributed by atoms with Crippen molar-refractivity contribution in [3.8, 4) is 11.5 Å². The van der Waals surface area contributed by atoms with Gasteiger partial charge in [-0.1, -0.05) is 0 Å². The monoisotopic (exact) mass is 417 g/mol. The Labute approximate surface area is 177 Å². The number of fused-ring (bicyclic) bond motifs is 1. The van der Waals surface area contributed by atoms with Crippen LogP contribution in [-0.2, 0) is 29.0 Å². The van der Waals surface area contributed by atoms with Gasteiger partial charge in [0.15, 0.2) is 5.82 Å². The average molecular weight is 418 g/mol. The van der Waals surface area contributed by atoms with Crippen molar-refractivity contribution in [2.24, 2.45) is 0 Å². The quantitative estimate of drug-likeness (QED) is 0.662. The third-order valence-electron chi connectivity index (χ3n) is 5.33. The van der Waals surface area contributed by atoms with Crippen molar-refractivity contribution in [1.29, 1.82) is 0 Å². The predicted octanol–water partition coefficient (Wildman–Crippen LogP) is 1.57. The number of ether oxygens (including phenoxy) is 3. The molecule has 0 radical (unpaired) electrons. The first kappa shape index (κ1) is 22.0. The van der Waals surface area contributed by atoms with Crippen molar-refractivity contribution in [2.45, 2.75) is 38.9 Å². The van der Waals surface area contributed by atoms with Crippen LogP contribution in [-0.4, -0.2) is 66.6 Å². The number of methoxy groups -OCH3 is 3. The lowest BCUT2D eigenvalue weighted by Gasteiger charge is -2.21. The fourth-order valence-electron chi connectivity index (χ4n) is 3.69. The first-order valence-electron chi connectivity index (χ1n) is 10.2. The van der Waals surface area contributed by atoms with Gasteiger partial charge in [0.25, 0.3) is 0 Å². The summed E-state index contributed by atoms with van der Waals surface area (Å²) in [5.74, 6) is 3.35. The van der Waals surface area contributed by atoms with E-state index in [1.165, 1.54) is 0 Å². The number of hydrogen-bond donors (Lipinski definition) is 1. The van der Waals surface area contributed by atoms with E-state index in [0.29, 0.717) is 13.0 Å². The molecule has 0 bridgehead atoms. The van der Waals surface area contributed by atoms with Crippen LogP contribution in [0.2, 0.25) is 0 Å². The second-order valence-corrected chi connectivity index (χ2v) is 7.36. The summed E-state index contributed by atoms with van der Waals surface area (Å²) in [7, 11) is 4.94. The van der Waals surface area contributed by atoms with Crippen LogP contribution in [0.5, 0.6) is 11.5 Å². The normalized spacial score (nSPS) is 15.2. The van der Waals surface area contributed by atoms with Gasteiger partial charge in [-0.25, -0.2) is 0 Å². The number of benzene rings is 1. The van der Waals surface area contributed by atoms with Gasteiger partial charge in [0.1, 0.15) is 17.3 Å². The third kappa shape index (κ3) is 5.28. The van der Waals surface area contributed by atoms with Gasteiger partial charge >= 0.3 is 0 Å². The summed E-state index contributed by atoms with van der Waals surface area (Å²) in [6, 6.07) is 5.65. The zero-order valence-corrected chi connectivity index (χ0v) is 18.2. The molecular formula is C21H31N5O4. The van der Waals surface area contributed by atoms with E-state index in [4.69, 9.17) is 14.2 Å². The molecule has 0 spiro atoms. The van der Waals surface area contributed by atoms with Gasteiger partial charge in [-0.2, -0.15) is 0 Å². The Morgan fingerprint density at radius 2 is 2.00 bits per heavy atom. The maximum absolute atomic E-state index is 12.0. The van der Waals surface area contributed by atoms with Gasteiger partial charge in [-0.3, -0.25) is 9.69 Å². The molecular weight excluding hydrogens is 386 g/mol. The van der Waals surface area contributed by atoms with E-state index in [0.717, 1.165) is 61.3 Å². The maximum Gasteiger partial charge on any atom is 0.222 e. The molecule has 2 heterocycles. The summed E-state index contributed by atoms with van der Waals surface area (Å²) >= 11 is 0. The van der Waals surface area contributed by atoms with Crippen molar-refractivity contribution in [3.63, 3.8) is 0 Å². The van der Waals surface area contributed by atoms with Crippen LogP contribution >= 0.6 is 0 Å². The van der Waals surface area contributed by atoms with E-state index in [1.807, 2.05) is 25.1 Å². The minimum atomic E-state index is -0.208. The largest absolute Gasteiger partial charge is 0.497 e. The second kappa shape index (κ2) is 10.4. The molecule has 9 heteroatoms. The van der Waals surface area contributed by atoms with Gasteiger partial charge in [0.05, 0.1) is 26.9 Å². The molecule has 1 aromatic carbocycles. The summed E-state index contributed by atoms with van der Waals surface area (Å²) in [6.45, 7) is 5.58. The van der Waals surface area contributed by atoms with E-state index in [-0.39, 0.29) is 11.9 Å². The highest BCUT2D eigenvalue weighted by molar-refractivity contribution is 5.76. The number of aromatic nitrogens is 3. The Hall–Kier alpha value is -2.65. The molecule has 1 N–H and O–H groups in total. The van der Waals surface area contributed by atoms with Gasteiger partial charge in [0.2, 0.25) is 5.91 Å². The fourth-order valence-corrected chi connectivity index (χ4v) is 3.69. The number of amides is 1. The summed E-state index contributed by atoms with van der Waals surface area (Å²) < 4.78 is 18.0. The van der Waals surface area contributed by atoms with Crippen LogP contribution < -0.4 is 14.8 Å². The van der Waals surface area contributed by atoms with Gasteiger partial charge in [-0.05, 0) is 25.1 Å². The average Bonchev–Trinajstić information content (AvgIpc) is 3.06. The molecule has 1 aliphatic rings. The van der Waals surface area contributed by atoms with E-state index < -0.39 is 0 Å². The Kier molecular flexibility index (Phi) is 7.64. The van der Waals surface area contributed by atoms with E-state index >= 15 is 0 Å². The topological polar surface area (TPSA) is 90.7 Å². The van der Waals surface area contributed by atoms with Crippen LogP contribution in [0.1, 0.15) is 36.6 Å². The second-order valence-electron chi connectivity index (χ2n) is 7.36. The van der Waals surface area contributed by atoms with E-state index in [1.54, 1.807) is 21.3 Å². The van der Waals surface area contributed by atoms with Crippen molar-refractivity contribution < 1.29 is 19.0 Å². The lowest BCUT2D eigenvalue weighted by atomic mass is 10.1. The summed E-state index contributed by atoms with van der Waals surface area (Å²) in [4.78, 5) is 14.4. The summed E-state index contributed by atoms with van der Waals surface area (Å²) in [5, 5.41) is 11.7. The summed E-state index contributed by atoms with van der Waals surface area (Å²) in [6.07, 6.45) is 1.13. The van der Waals surface area contributed by atoms with Gasteiger partial charge < -0.3 is 24.1 Å². The zero-order chi connectivity index (χ0) is 21.5. The molecule has 0 unspecified atom stereocenters. The Bertz CT molecular complexity index is 854. The fraction of sp³-hybridized carbons (Fsp3) is 0.571. The van der Waals surface area contributed by atoms with E-state index in [2.05, 4.69) is 25.0 Å². The first-order valence-corrected chi connectivity index (χ1v) is 10.2. The number of nitrogens with one attached hydrogen (secondary N) is 1. The number of carbonyl (C=O) groups is 1. The number of hydrogen-bond acceptors (Lipinski definition) is 7. The van der Waals surface area contributed by atoms with Crippen molar-refractivity contribution in [2.75, 3.05) is 41.0 Å². The van der Waals surface area contributed by atoms with Crippen molar-refractivity contribution >= 4 is 5.91 Å². The molecule has 2 aromatic rings. The molecule has 164 valence electrons. The number of rotatable bonds is 9. The summed E-state index contributed by atoms with van der Waals surface area (Å²) in [5.41, 5.74) is 1.09. The Balaban J connectivity index is 1.66. The molecule has 1 atom stereocenters. The Morgan fingerprint density at radius 3 is 2.73 bits per heavy atom. The molecule has 1 aromatic heterocycles. The zero-order valence-electron chi connectivity index (χ0n) is 18.2. The van der Waals surface area contributed by atoms with Crippen LogP contribution in [0, 0.1) is 0 Å². The van der Waals surface area contributed by atoms with Crippen LogP contribution in [0.15, 0.2) is 18.2 Å². The van der Waals surface area contributed by atoms with E-state index in [9.17, 15) is 4.79 Å². The highest BCUT2D eigenvalue weighted by Crippen LogP contribution is 2.26. The molecule has 3 rings (SSSR count). The minimum Gasteiger partial charge on any atom is -0.497 e. The van der Waals surface area contributed by atoms with Crippen LogP contribution in [0.4, 0.5) is 0 Å². The minimum absolute atomic E-state index is 0.0536. The SMILES string of the molecule is COCCC(=O)N[C@H](C)c1nnc2n1CCN(Cc1cc(OC)ccc1OC)CC2. The van der Waals surface area contributed by atoms with Crippen molar-refractivity contribution in [1.82, 2.24) is 25.0 Å². The molecule has 0 aliphatic carbocycles. The molecule has 0 fully saturated rings. The smallest absolute Gasteiger partial charge is 0.222 e. The Morgan fingerprint density at radius 1 is 1.17 bits per heavy atom. The highest BCUT2D eigenvalue weighted by atomic mass is 16.5. The molecule has 1 amide bonds. The molecule has 0 saturated carbocycles. The highest BCUT2D eigenvalue weighted by Gasteiger charge is 2.23. The molecule has 0 saturated heterocycles. The third-order valence-corrected chi connectivity index (χ3v) is 5.33. The number of carbonyl (C=O) groups excluding carboxylic acids is 1. The van der Waals surface area contributed by atoms with Gasteiger partial charge in [-0.15, -0.1) is 10.2 Å². The van der Waals surface area contributed by atoms with Crippen molar-refractivity contribution in [3.05, 3.63) is 35.4 Å². The van der Waals surface area contributed by atoms with Crippen LogP contribution in [0.3, 0.4) is 0 Å². The first-order chi connectivity index (χ1) is 14.5. The lowest BCUT2D eigenvalue weighted by Crippen LogP contribution is -2.30. The maximum atomic E-state index is 12.0. The number of nitrogens with zero attached hydrogens (tertiary/aromatic N) is 4. The predicted molar refractivity (Wildman–Crippen MR) is 112 cm³/mol. The standard InChI is InChI=1S/C21H31N5O4/c1-15(22-20(27)8-12-28-2)21-24-23-19-7-9-25(10-11-26(19)21)14-16-13-17(29-3)5-6-18(16)30-4/h5-6,13,15H,7-12,14H2,1-4H3,(H,22,27)/t15-/m1/s1. The molecule has 30 heavy (non-hydrogen) atoms. The van der Waals surface area contributed by atoms with Gasteiger partial charge in [0, 0.05) is 51.7 Å². The molecule has 1 aliphatic heterocycles.